The lowest BCUT2D eigenvalue weighted by Gasteiger charge is -2.22. The SMILES string of the molecule is CCCCC(=C=C(/C=C/[C@@H](O)COC)C1CCCCC1)C(=O)OC. The average molecular weight is 336 g/mol. The molecule has 1 aliphatic rings. The van der Waals surface area contributed by atoms with Crippen molar-refractivity contribution in [2.45, 2.75) is 64.4 Å². The molecule has 1 aliphatic carbocycles. The van der Waals surface area contributed by atoms with E-state index < -0.39 is 6.10 Å². The van der Waals surface area contributed by atoms with E-state index in [0.29, 0.717) is 17.9 Å². The number of carbonyl (C=O) groups is 1. The second kappa shape index (κ2) is 12.1. The number of allylic oxidation sites excluding steroid dienone is 1. The minimum Gasteiger partial charge on any atom is -0.465 e. The number of ether oxygens (including phenoxy) is 2. The third-order valence-electron chi connectivity index (χ3n) is 4.39. The summed E-state index contributed by atoms with van der Waals surface area (Å²) in [5.74, 6) is 0.0913. The summed E-state index contributed by atoms with van der Waals surface area (Å²) in [6.45, 7) is 2.36. The van der Waals surface area contributed by atoms with Crippen LogP contribution in [0.4, 0.5) is 0 Å². The Morgan fingerprint density at radius 2 is 2.00 bits per heavy atom. The van der Waals surface area contributed by atoms with Gasteiger partial charge in [-0.25, -0.2) is 4.79 Å². The standard InChI is InChI=1S/C20H32O4/c1-4-5-9-18(20(22)24-3)14-17(12-13-19(21)15-23-2)16-10-7-6-8-11-16/h12-13,16,19,21H,4-11,15H2,1-3H3/b13-12+/t14?,19-/m1/s1. The molecule has 1 saturated carbocycles. The summed E-state index contributed by atoms with van der Waals surface area (Å²) >= 11 is 0. The molecule has 24 heavy (non-hydrogen) atoms. The molecule has 0 aromatic carbocycles. The second-order valence-corrected chi connectivity index (χ2v) is 6.37. The maximum absolute atomic E-state index is 12.0. The molecule has 0 unspecified atom stereocenters. The number of carbonyl (C=O) groups excluding carboxylic acids is 1. The van der Waals surface area contributed by atoms with Gasteiger partial charge in [0, 0.05) is 7.11 Å². The lowest BCUT2D eigenvalue weighted by atomic mass is 9.83. The molecule has 0 amide bonds. The molecule has 4 heteroatoms. The predicted molar refractivity (Wildman–Crippen MR) is 95.7 cm³/mol. The molecule has 4 nitrogen and oxygen atoms in total. The summed E-state index contributed by atoms with van der Waals surface area (Å²) in [5.41, 5.74) is 4.93. The molecule has 0 radical (unpaired) electrons. The molecule has 0 spiro atoms. The van der Waals surface area contributed by atoms with Crippen LogP contribution in [0.3, 0.4) is 0 Å². The van der Waals surface area contributed by atoms with Gasteiger partial charge in [0.15, 0.2) is 0 Å². The maximum Gasteiger partial charge on any atom is 0.341 e. The fourth-order valence-electron chi connectivity index (χ4n) is 3.00. The van der Waals surface area contributed by atoms with Gasteiger partial charge >= 0.3 is 5.97 Å². The normalized spacial score (nSPS) is 16.7. The van der Waals surface area contributed by atoms with Crippen LogP contribution in [-0.4, -0.2) is 38.0 Å². The minimum absolute atomic E-state index is 0.262. The van der Waals surface area contributed by atoms with Crippen molar-refractivity contribution in [1.29, 1.82) is 0 Å². The van der Waals surface area contributed by atoms with Gasteiger partial charge in [-0.1, -0.05) is 44.8 Å². The monoisotopic (exact) mass is 336 g/mol. The zero-order valence-corrected chi connectivity index (χ0v) is 15.3. The number of hydrogen-bond acceptors (Lipinski definition) is 4. The van der Waals surface area contributed by atoms with Gasteiger partial charge in [-0.15, -0.1) is 5.73 Å². The van der Waals surface area contributed by atoms with Gasteiger partial charge in [0.2, 0.25) is 0 Å². The van der Waals surface area contributed by atoms with Crippen molar-refractivity contribution in [3.05, 3.63) is 29.0 Å². The highest BCUT2D eigenvalue weighted by atomic mass is 16.5. The highest BCUT2D eigenvalue weighted by Gasteiger charge is 2.18. The van der Waals surface area contributed by atoms with Gasteiger partial charge in [-0.05, 0) is 37.2 Å². The molecular formula is C20H32O4. The summed E-state index contributed by atoms with van der Waals surface area (Å²) in [7, 11) is 2.98. The molecule has 1 N–H and O–H groups in total. The summed E-state index contributed by atoms with van der Waals surface area (Å²) in [5, 5.41) is 9.88. The largest absolute Gasteiger partial charge is 0.465 e. The fraction of sp³-hybridized carbons (Fsp3) is 0.700. The number of unbranched alkanes of at least 4 members (excludes halogenated alkanes) is 1. The second-order valence-electron chi connectivity index (χ2n) is 6.37. The molecule has 0 aromatic heterocycles. The van der Waals surface area contributed by atoms with Gasteiger partial charge in [0.05, 0.1) is 25.4 Å². The third-order valence-corrected chi connectivity index (χ3v) is 4.39. The first-order chi connectivity index (χ1) is 11.6. The van der Waals surface area contributed by atoms with Crippen LogP contribution < -0.4 is 0 Å². The van der Waals surface area contributed by atoms with E-state index in [1.165, 1.54) is 26.4 Å². The van der Waals surface area contributed by atoms with Gasteiger partial charge in [-0.3, -0.25) is 0 Å². The number of aliphatic hydroxyl groups is 1. The molecule has 1 atom stereocenters. The van der Waals surface area contributed by atoms with Crippen molar-refractivity contribution in [2.75, 3.05) is 20.8 Å². The number of methoxy groups -OCH3 is 2. The van der Waals surface area contributed by atoms with Crippen molar-refractivity contribution in [2.24, 2.45) is 5.92 Å². The molecular weight excluding hydrogens is 304 g/mol. The highest BCUT2D eigenvalue weighted by molar-refractivity contribution is 5.88. The maximum atomic E-state index is 12.0. The first-order valence-corrected chi connectivity index (χ1v) is 9.05. The van der Waals surface area contributed by atoms with Crippen LogP contribution in [0.2, 0.25) is 0 Å². The third kappa shape index (κ3) is 7.48. The number of hydrogen-bond donors (Lipinski definition) is 1. The molecule has 136 valence electrons. The van der Waals surface area contributed by atoms with E-state index in [2.05, 4.69) is 12.7 Å². The van der Waals surface area contributed by atoms with E-state index in [0.717, 1.165) is 31.3 Å². The Kier molecular flexibility index (Phi) is 10.4. The Bertz CT molecular complexity index is 466. The van der Waals surface area contributed by atoms with Crippen molar-refractivity contribution in [1.82, 2.24) is 0 Å². The number of aliphatic hydroxyl groups excluding tert-OH is 1. The Hall–Kier alpha value is -1.35. The first-order valence-electron chi connectivity index (χ1n) is 9.05. The molecule has 0 heterocycles. The van der Waals surface area contributed by atoms with Gasteiger partial charge in [-0.2, -0.15) is 0 Å². The van der Waals surface area contributed by atoms with Crippen LogP contribution in [-0.2, 0) is 14.3 Å². The van der Waals surface area contributed by atoms with E-state index in [1.807, 2.05) is 6.08 Å². The number of esters is 1. The van der Waals surface area contributed by atoms with E-state index in [-0.39, 0.29) is 12.6 Å². The van der Waals surface area contributed by atoms with Crippen molar-refractivity contribution < 1.29 is 19.4 Å². The smallest absolute Gasteiger partial charge is 0.341 e. The average Bonchev–Trinajstić information content (AvgIpc) is 2.61. The Labute approximate surface area is 146 Å². The van der Waals surface area contributed by atoms with E-state index in [1.54, 1.807) is 13.2 Å². The van der Waals surface area contributed by atoms with Gasteiger partial charge in [0.1, 0.15) is 0 Å². The quantitative estimate of drug-likeness (QED) is 0.300. The highest BCUT2D eigenvalue weighted by Crippen LogP contribution is 2.30. The van der Waals surface area contributed by atoms with Gasteiger partial charge in [0.25, 0.3) is 0 Å². The van der Waals surface area contributed by atoms with E-state index in [4.69, 9.17) is 9.47 Å². The van der Waals surface area contributed by atoms with E-state index >= 15 is 0 Å². The van der Waals surface area contributed by atoms with Crippen molar-refractivity contribution >= 4 is 5.97 Å². The Balaban J connectivity index is 3.14. The first kappa shape index (κ1) is 20.7. The van der Waals surface area contributed by atoms with Crippen LogP contribution in [0.5, 0.6) is 0 Å². The van der Waals surface area contributed by atoms with Crippen LogP contribution in [0.1, 0.15) is 58.3 Å². The Morgan fingerprint density at radius 1 is 1.29 bits per heavy atom. The fourth-order valence-corrected chi connectivity index (χ4v) is 3.00. The molecule has 0 saturated heterocycles. The molecule has 0 aliphatic heterocycles. The zero-order valence-electron chi connectivity index (χ0n) is 15.3. The summed E-state index contributed by atoms with van der Waals surface area (Å²) < 4.78 is 9.88. The van der Waals surface area contributed by atoms with Crippen LogP contribution in [0, 0.1) is 5.92 Å². The van der Waals surface area contributed by atoms with Crippen LogP contribution in [0.25, 0.3) is 0 Å². The topological polar surface area (TPSA) is 55.8 Å². The predicted octanol–water partition coefficient (Wildman–Crippen LogP) is 3.95. The molecule has 1 fully saturated rings. The molecule has 0 aromatic rings. The lowest BCUT2D eigenvalue weighted by Crippen LogP contribution is -2.12. The zero-order chi connectivity index (χ0) is 17.8. The lowest BCUT2D eigenvalue weighted by molar-refractivity contribution is -0.136. The van der Waals surface area contributed by atoms with Crippen LogP contribution >= 0.6 is 0 Å². The minimum atomic E-state index is -0.646. The van der Waals surface area contributed by atoms with E-state index in [9.17, 15) is 9.90 Å². The Morgan fingerprint density at radius 3 is 2.58 bits per heavy atom. The molecule has 0 bridgehead atoms. The summed E-state index contributed by atoms with van der Waals surface area (Å²) in [6.07, 6.45) is 11.5. The van der Waals surface area contributed by atoms with Crippen LogP contribution in [0.15, 0.2) is 29.0 Å². The van der Waals surface area contributed by atoms with Crippen molar-refractivity contribution in [3.8, 4) is 0 Å². The van der Waals surface area contributed by atoms with Crippen molar-refractivity contribution in [3.63, 3.8) is 0 Å². The number of rotatable bonds is 9. The summed E-state index contributed by atoms with van der Waals surface area (Å²) in [6, 6.07) is 0. The summed E-state index contributed by atoms with van der Waals surface area (Å²) in [4.78, 5) is 12.0. The molecule has 1 rings (SSSR count). The van der Waals surface area contributed by atoms with Gasteiger partial charge < -0.3 is 14.6 Å².